The summed E-state index contributed by atoms with van der Waals surface area (Å²) in [5.41, 5.74) is 1.56. The number of ether oxygens (including phenoxy) is 1. The maximum atomic E-state index is 13.2. The first-order valence-corrected chi connectivity index (χ1v) is 11.9. The molecule has 0 bridgehead atoms. The third-order valence-corrected chi connectivity index (χ3v) is 6.43. The number of unbranched alkanes of at least 4 members (excludes halogenated alkanes) is 3. The minimum Gasteiger partial charge on any atom is -0.494 e. The van der Waals surface area contributed by atoms with Gasteiger partial charge in [0.1, 0.15) is 11.6 Å². The number of anilines is 2. The molecule has 7 heteroatoms. The van der Waals surface area contributed by atoms with Crippen molar-refractivity contribution < 1.29 is 18.7 Å². The largest absolute Gasteiger partial charge is 0.494 e. The lowest BCUT2D eigenvalue weighted by molar-refractivity contribution is -0.123. The van der Waals surface area contributed by atoms with Gasteiger partial charge in [0, 0.05) is 31.9 Å². The van der Waals surface area contributed by atoms with Gasteiger partial charge in [0.05, 0.1) is 24.8 Å². The summed E-state index contributed by atoms with van der Waals surface area (Å²) >= 11 is 0. The van der Waals surface area contributed by atoms with Crippen LogP contribution >= 0.6 is 0 Å². The van der Waals surface area contributed by atoms with E-state index in [9.17, 15) is 14.0 Å². The summed E-state index contributed by atoms with van der Waals surface area (Å²) in [7, 11) is 0. The van der Waals surface area contributed by atoms with Crippen LogP contribution in [0.25, 0.3) is 0 Å². The Labute approximate surface area is 194 Å². The predicted octanol–water partition coefficient (Wildman–Crippen LogP) is 4.24. The van der Waals surface area contributed by atoms with E-state index < -0.39 is 6.04 Å². The second kappa shape index (κ2) is 10.8. The zero-order valence-electron chi connectivity index (χ0n) is 19.2. The highest BCUT2D eigenvalue weighted by atomic mass is 19.1. The molecule has 2 aliphatic heterocycles. The Morgan fingerprint density at radius 1 is 0.879 bits per heavy atom. The van der Waals surface area contributed by atoms with Crippen LogP contribution in [0.15, 0.2) is 48.5 Å². The van der Waals surface area contributed by atoms with E-state index in [-0.39, 0.29) is 24.1 Å². The van der Waals surface area contributed by atoms with Gasteiger partial charge < -0.3 is 9.64 Å². The highest BCUT2D eigenvalue weighted by molar-refractivity contribution is 6.22. The molecule has 0 spiro atoms. The maximum Gasteiger partial charge on any atom is 0.251 e. The van der Waals surface area contributed by atoms with Gasteiger partial charge >= 0.3 is 0 Å². The SMILES string of the molecule is CCCCCCOc1ccc(N2C(=O)CC(N3CCN(c4ccc(F)cc4)CC3)C2=O)cc1. The van der Waals surface area contributed by atoms with Crippen molar-refractivity contribution in [3.63, 3.8) is 0 Å². The van der Waals surface area contributed by atoms with E-state index >= 15 is 0 Å². The van der Waals surface area contributed by atoms with Gasteiger partial charge in [-0.05, 0) is 55.0 Å². The molecule has 0 saturated carbocycles. The highest BCUT2D eigenvalue weighted by Crippen LogP contribution is 2.28. The third-order valence-electron chi connectivity index (χ3n) is 6.43. The average Bonchev–Trinajstić information content (AvgIpc) is 3.14. The number of halogens is 1. The molecule has 0 aromatic heterocycles. The Bertz CT molecular complexity index is 940. The van der Waals surface area contributed by atoms with Crippen LogP contribution in [-0.2, 0) is 9.59 Å². The fourth-order valence-corrected chi connectivity index (χ4v) is 4.53. The quantitative estimate of drug-likeness (QED) is 0.420. The van der Waals surface area contributed by atoms with Crippen molar-refractivity contribution in [2.24, 2.45) is 0 Å². The lowest BCUT2D eigenvalue weighted by atomic mass is 10.1. The zero-order valence-corrected chi connectivity index (χ0v) is 19.2. The predicted molar refractivity (Wildman–Crippen MR) is 127 cm³/mol. The van der Waals surface area contributed by atoms with E-state index in [1.165, 1.54) is 29.9 Å². The minimum atomic E-state index is -0.428. The molecule has 2 heterocycles. The summed E-state index contributed by atoms with van der Waals surface area (Å²) in [6.45, 7) is 5.67. The lowest BCUT2D eigenvalue weighted by Crippen LogP contribution is -2.52. The summed E-state index contributed by atoms with van der Waals surface area (Å²) in [4.78, 5) is 31.4. The van der Waals surface area contributed by atoms with E-state index in [0.29, 0.717) is 25.4 Å². The zero-order chi connectivity index (χ0) is 23.2. The van der Waals surface area contributed by atoms with Gasteiger partial charge in [-0.3, -0.25) is 14.5 Å². The fraction of sp³-hybridized carbons (Fsp3) is 0.462. The van der Waals surface area contributed by atoms with Crippen LogP contribution in [0.1, 0.15) is 39.0 Å². The third kappa shape index (κ3) is 5.53. The molecule has 1 atom stereocenters. The van der Waals surface area contributed by atoms with Gasteiger partial charge in [-0.1, -0.05) is 26.2 Å². The second-order valence-electron chi connectivity index (χ2n) is 8.69. The molecule has 1 unspecified atom stereocenters. The second-order valence-corrected chi connectivity index (χ2v) is 8.69. The molecule has 176 valence electrons. The van der Waals surface area contributed by atoms with Crippen LogP contribution < -0.4 is 14.5 Å². The number of rotatable bonds is 9. The number of imide groups is 1. The van der Waals surface area contributed by atoms with Crippen molar-refractivity contribution in [3.8, 4) is 5.75 Å². The number of hydrogen-bond acceptors (Lipinski definition) is 5. The van der Waals surface area contributed by atoms with E-state index in [1.807, 2.05) is 12.1 Å². The number of piperazine rings is 1. The molecular weight excluding hydrogens is 421 g/mol. The minimum absolute atomic E-state index is 0.163. The van der Waals surface area contributed by atoms with Gasteiger partial charge in [0.2, 0.25) is 5.91 Å². The average molecular weight is 454 g/mol. The Kier molecular flexibility index (Phi) is 7.60. The monoisotopic (exact) mass is 453 g/mol. The van der Waals surface area contributed by atoms with E-state index in [1.54, 1.807) is 24.3 Å². The number of hydrogen-bond donors (Lipinski definition) is 0. The first-order chi connectivity index (χ1) is 16.1. The van der Waals surface area contributed by atoms with Gasteiger partial charge in [-0.25, -0.2) is 9.29 Å². The van der Waals surface area contributed by atoms with E-state index in [2.05, 4.69) is 16.7 Å². The summed E-state index contributed by atoms with van der Waals surface area (Å²) in [6, 6.07) is 13.3. The molecular formula is C26H32FN3O3. The van der Waals surface area contributed by atoms with Crippen molar-refractivity contribution in [2.75, 3.05) is 42.6 Å². The first-order valence-electron chi connectivity index (χ1n) is 11.9. The van der Waals surface area contributed by atoms with E-state index in [0.717, 1.165) is 37.4 Å². The summed E-state index contributed by atoms with van der Waals surface area (Å²) in [6.07, 6.45) is 4.78. The molecule has 6 nitrogen and oxygen atoms in total. The molecule has 2 aliphatic rings. The van der Waals surface area contributed by atoms with Crippen molar-refractivity contribution in [2.45, 2.75) is 45.1 Å². The van der Waals surface area contributed by atoms with Gasteiger partial charge in [0.25, 0.3) is 5.91 Å². The topological polar surface area (TPSA) is 53.1 Å². The summed E-state index contributed by atoms with van der Waals surface area (Å²) in [5, 5.41) is 0. The van der Waals surface area contributed by atoms with Crippen molar-refractivity contribution in [3.05, 3.63) is 54.3 Å². The summed E-state index contributed by atoms with van der Waals surface area (Å²) < 4.78 is 19.0. The Morgan fingerprint density at radius 3 is 2.21 bits per heavy atom. The Hall–Kier alpha value is -2.93. The molecule has 4 rings (SSSR count). The molecule has 0 N–H and O–H groups in total. The molecule has 0 aliphatic carbocycles. The van der Waals surface area contributed by atoms with Crippen molar-refractivity contribution in [1.29, 1.82) is 0 Å². The van der Waals surface area contributed by atoms with Gasteiger partial charge in [-0.2, -0.15) is 0 Å². The van der Waals surface area contributed by atoms with Crippen LogP contribution in [-0.4, -0.2) is 55.5 Å². The van der Waals surface area contributed by atoms with Gasteiger partial charge in [0.15, 0.2) is 0 Å². The van der Waals surface area contributed by atoms with Crippen LogP contribution in [0.5, 0.6) is 5.75 Å². The summed E-state index contributed by atoms with van der Waals surface area (Å²) in [5.74, 6) is 0.171. The molecule has 0 radical (unpaired) electrons. The first kappa shape index (κ1) is 23.2. The number of benzene rings is 2. The number of carbonyl (C=O) groups excluding carboxylic acids is 2. The number of nitrogens with zero attached hydrogens (tertiary/aromatic N) is 3. The maximum absolute atomic E-state index is 13.2. The lowest BCUT2D eigenvalue weighted by Gasteiger charge is -2.38. The normalized spacial score (nSPS) is 19.4. The fourth-order valence-electron chi connectivity index (χ4n) is 4.53. The van der Waals surface area contributed by atoms with Crippen molar-refractivity contribution in [1.82, 2.24) is 4.90 Å². The molecule has 2 saturated heterocycles. The smallest absolute Gasteiger partial charge is 0.251 e. The van der Waals surface area contributed by atoms with E-state index in [4.69, 9.17) is 4.74 Å². The Morgan fingerprint density at radius 2 is 1.55 bits per heavy atom. The highest BCUT2D eigenvalue weighted by Gasteiger charge is 2.43. The number of amides is 2. The molecule has 2 amide bonds. The van der Waals surface area contributed by atoms with Crippen LogP contribution in [0.2, 0.25) is 0 Å². The molecule has 2 aromatic rings. The molecule has 33 heavy (non-hydrogen) atoms. The molecule has 2 fully saturated rings. The van der Waals surface area contributed by atoms with Crippen molar-refractivity contribution >= 4 is 23.2 Å². The van der Waals surface area contributed by atoms with Gasteiger partial charge in [-0.15, -0.1) is 0 Å². The standard InChI is InChI=1S/C26H32FN3O3/c1-2-3-4-5-18-33-23-12-10-22(11-13-23)30-25(31)19-24(26(30)32)29-16-14-28(15-17-29)21-8-6-20(27)7-9-21/h6-13,24H,2-5,14-19H2,1H3. The van der Waals surface area contributed by atoms with Crippen LogP contribution in [0.4, 0.5) is 15.8 Å². The Balaban J connectivity index is 1.32. The molecule has 2 aromatic carbocycles. The van der Waals surface area contributed by atoms with Crippen LogP contribution in [0.3, 0.4) is 0 Å². The van der Waals surface area contributed by atoms with Crippen LogP contribution in [0, 0.1) is 5.82 Å². The number of carbonyl (C=O) groups is 2.